The van der Waals surface area contributed by atoms with Gasteiger partial charge in [0.15, 0.2) is 0 Å². The van der Waals surface area contributed by atoms with Crippen molar-refractivity contribution in [3.63, 3.8) is 0 Å². The topological polar surface area (TPSA) is 23.5 Å². The van der Waals surface area contributed by atoms with Gasteiger partial charge in [-0.25, -0.2) is 0 Å². The molecule has 0 aliphatic rings. The predicted molar refractivity (Wildman–Crippen MR) is 73.4 cm³/mol. The molecule has 0 fully saturated rings. The molecule has 0 heterocycles. The lowest BCUT2D eigenvalue weighted by atomic mass is 10.2. The number of hydrogen-bond acceptors (Lipinski definition) is 2. The van der Waals surface area contributed by atoms with E-state index in [1.165, 1.54) is 0 Å². The normalized spacial score (nSPS) is 12.2. The summed E-state index contributed by atoms with van der Waals surface area (Å²) in [6, 6.07) is 0. The molecule has 0 rings (SSSR count). The van der Waals surface area contributed by atoms with Gasteiger partial charge in [0.1, 0.15) is 0 Å². The van der Waals surface area contributed by atoms with Crippen LogP contribution in [0.1, 0.15) is 34.1 Å². The molecule has 1 unspecified atom stereocenters. The smallest absolute Gasteiger partial charge is 0.0528 e. The maximum absolute atomic E-state index is 9.12. The van der Waals surface area contributed by atoms with Crippen molar-refractivity contribution in [1.82, 2.24) is 4.90 Å². The van der Waals surface area contributed by atoms with Gasteiger partial charge in [-0.3, -0.25) is 0 Å². The zero-order valence-electron chi connectivity index (χ0n) is 11.5. The molecule has 0 aliphatic carbocycles. The maximum atomic E-state index is 9.12. The highest BCUT2D eigenvalue weighted by Gasteiger charge is 2.01. The summed E-state index contributed by atoms with van der Waals surface area (Å²) in [7, 11) is 1.97. The number of likely N-dealkylation sites (N-methyl/N-ethyl adjacent to an activating group) is 1. The number of allylic oxidation sites excluding steroid dienone is 3. The van der Waals surface area contributed by atoms with Crippen molar-refractivity contribution in [1.29, 1.82) is 0 Å². The predicted octanol–water partition coefficient (Wildman–Crippen LogP) is 3.36. The van der Waals surface area contributed by atoms with E-state index in [1.54, 1.807) is 13.0 Å². The molecule has 0 amide bonds. The summed E-state index contributed by atoms with van der Waals surface area (Å²) in [6.07, 6.45) is 4.29. The Bertz CT molecular complexity index is 229. The first-order valence-electron chi connectivity index (χ1n) is 5.86. The van der Waals surface area contributed by atoms with Crippen LogP contribution in [0.3, 0.4) is 0 Å². The van der Waals surface area contributed by atoms with Gasteiger partial charge in [0, 0.05) is 19.3 Å². The SMILES string of the molecule is C=C/C(C)=C\C(=C)N(C)CCC(C)O.CC. The second-order valence-electron chi connectivity index (χ2n) is 3.64. The van der Waals surface area contributed by atoms with Gasteiger partial charge in [0.25, 0.3) is 0 Å². The number of hydrogen-bond donors (Lipinski definition) is 1. The zero-order valence-corrected chi connectivity index (χ0v) is 11.5. The van der Waals surface area contributed by atoms with Gasteiger partial charge in [0.2, 0.25) is 0 Å². The van der Waals surface area contributed by atoms with Crippen molar-refractivity contribution < 1.29 is 5.11 Å². The van der Waals surface area contributed by atoms with Crippen LogP contribution in [0.15, 0.2) is 36.6 Å². The second kappa shape index (κ2) is 10.5. The van der Waals surface area contributed by atoms with Gasteiger partial charge in [-0.05, 0) is 31.9 Å². The average molecular weight is 225 g/mol. The first-order chi connectivity index (χ1) is 7.47. The first-order valence-corrected chi connectivity index (χ1v) is 5.86. The highest BCUT2D eigenvalue weighted by molar-refractivity contribution is 5.24. The van der Waals surface area contributed by atoms with Crippen LogP contribution < -0.4 is 0 Å². The summed E-state index contributed by atoms with van der Waals surface area (Å²) < 4.78 is 0. The molecule has 0 saturated carbocycles. The number of aliphatic hydroxyl groups excluding tert-OH is 1. The van der Waals surface area contributed by atoms with E-state index < -0.39 is 0 Å². The van der Waals surface area contributed by atoms with Gasteiger partial charge in [-0.15, -0.1) is 0 Å². The molecule has 2 nitrogen and oxygen atoms in total. The Morgan fingerprint density at radius 3 is 2.31 bits per heavy atom. The van der Waals surface area contributed by atoms with E-state index in [9.17, 15) is 0 Å². The minimum Gasteiger partial charge on any atom is -0.393 e. The van der Waals surface area contributed by atoms with Gasteiger partial charge >= 0.3 is 0 Å². The minimum atomic E-state index is -0.255. The Labute approximate surface area is 101 Å². The summed E-state index contributed by atoms with van der Waals surface area (Å²) in [5.41, 5.74) is 2.04. The Hall–Kier alpha value is -1.02. The third-order valence-corrected chi connectivity index (χ3v) is 2.09. The molecule has 0 bridgehead atoms. The van der Waals surface area contributed by atoms with E-state index in [-0.39, 0.29) is 6.10 Å². The highest BCUT2D eigenvalue weighted by atomic mass is 16.3. The summed E-state index contributed by atoms with van der Waals surface area (Å²) in [4.78, 5) is 2.03. The van der Waals surface area contributed by atoms with Crippen molar-refractivity contribution in [2.24, 2.45) is 0 Å². The fourth-order valence-electron chi connectivity index (χ4n) is 0.956. The molecule has 0 aromatic carbocycles. The van der Waals surface area contributed by atoms with Crippen molar-refractivity contribution in [3.8, 4) is 0 Å². The lowest BCUT2D eigenvalue weighted by molar-refractivity contribution is 0.172. The van der Waals surface area contributed by atoms with Gasteiger partial charge in [-0.1, -0.05) is 33.1 Å². The maximum Gasteiger partial charge on any atom is 0.0528 e. The molecule has 2 heteroatoms. The van der Waals surface area contributed by atoms with Crippen LogP contribution in [-0.4, -0.2) is 29.7 Å². The molecule has 1 N–H and O–H groups in total. The summed E-state index contributed by atoms with van der Waals surface area (Å²) in [6.45, 7) is 16.2. The quantitative estimate of drug-likeness (QED) is 0.701. The van der Waals surface area contributed by atoms with E-state index in [0.717, 1.165) is 24.2 Å². The van der Waals surface area contributed by atoms with Crippen LogP contribution in [0.2, 0.25) is 0 Å². The average Bonchev–Trinajstić information content (AvgIpc) is 2.28. The van der Waals surface area contributed by atoms with Crippen molar-refractivity contribution in [2.45, 2.75) is 40.2 Å². The third kappa shape index (κ3) is 9.53. The largest absolute Gasteiger partial charge is 0.393 e. The van der Waals surface area contributed by atoms with Crippen molar-refractivity contribution in [2.75, 3.05) is 13.6 Å². The van der Waals surface area contributed by atoms with E-state index in [0.29, 0.717) is 0 Å². The third-order valence-electron chi connectivity index (χ3n) is 2.09. The molecule has 16 heavy (non-hydrogen) atoms. The van der Waals surface area contributed by atoms with Crippen LogP contribution in [0.4, 0.5) is 0 Å². The number of nitrogens with zero attached hydrogens (tertiary/aromatic N) is 1. The summed E-state index contributed by atoms with van der Waals surface area (Å²) in [5, 5.41) is 9.12. The molecular formula is C14H27NO. The minimum absolute atomic E-state index is 0.255. The molecule has 0 aromatic rings. The van der Waals surface area contributed by atoms with Crippen LogP contribution in [0.5, 0.6) is 0 Å². The lowest BCUT2D eigenvalue weighted by Crippen LogP contribution is -2.20. The Morgan fingerprint density at radius 2 is 1.94 bits per heavy atom. The van der Waals surface area contributed by atoms with Crippen LogP contribution in [-0.2, 0) is 0 Å². The number of aliphatic hydroxyl groups is 1. The van der Waals surface area contributed by atoms with Gasteiger partial charge < -0.3 is 10.0 Å². The Balaban J connectivity index is 0. The summed E-state index contributed by atoms with van der Waals surface area (Å²) in [5.74, 6) is 0. The van der Waals surface area contributed by atoms with Crippen LogP contribution in [0.25, 0.3) is 0 Å². The van der Waals surface area contributed by atoms with E-state index in [4.69, 9.17) is 5.11 Å². The van der Waals surface area contributed by atoms with E-state index in [2.05, 4.69) is 13.2 Å². The molecule has 1 atom stereocenters. The fraction of sp³-hybridized carbons (Fsp3) is 0.571. The molecule has 0 radical (unpaired) electrons. The molecular weight excluding hydrogens is 198 g/mol. The first kappa shape index (κ1) is 17.4. The molecule has 94 valence electrons. The van der Waals surface area contributed by atoms with E-state index in [1.807, 2.05) is 38.8 Å². The summed E-state index contributed by atoms with van der Waals surface area (Å²) >= 11 is 0. The van der Waals surface area contributed by atoms with Crippen LogP contribution >= 0.6 is 0 Å². The number of rotatable bonds is 6. The fourth-order valence-corrected chi connectivity index (χ4v) is 0.956. The van der Waals surface area contributed by atoms with Crippen molar-refractivity contribution in [3.05, 3.63) is 36.6 Å². The van der Waals surface area contributed by atoms with Crippen LogP contribution in [0, 0.1) is 0 Å². The zero-order chi connectivity index (χ0) is 13.1. The second-order valence-corrected chi connectivity index (χ2v) is 3.64. The van der Waals surface area contributed by atoms with Crippen molar-refractivity contribution >= 4 is 0 Å². The monoisotopic (exact) mass is 225 g/mol. The lowest BCUT2D eigenvalue weighted by Gasteiger charge is -2.20. The van der Waals surface area contributed by atoms with Gasteiger partial charge in [-0.2, -0.15) is 0 Å². The molecule has 0 saturated heterocycles. The standard InChI is InChI=1S/C12H21NO.C2H6/c1-6-10(2)9-11(3)13(5)8-7-12(4)14;1-2/h6,9,12,14H,1,3,7-8H2,2,4-5H3;1-2H3/b10-9-;. The Kier molecular flexibility index (Phi) is 11.4. The Morgan fingerprint density at radius 1 is 1.44 bits per heavy atom. The van der Waals surface area contributed by atoms with E-state index >= 15 is 0 Å². The molecule has 0 aliphatic heterocycles. The van der Waals surface area contributed by atoms with Gasteiger partial charge in [0.05, 0.1) is 6.10 Å². The highest BCUT2D eigenvalue weighted by Crippen LogP contribution is 2.06. The molecule has 0 aromatic heterocycles. The molecule has 0 spiro atoms.